The Labute approximate surface area is 177 Å². The van der Waals surface area contributed by atoms with Gasteiger partial charge in [0.05, 0.1) is 37.2 Å². The molecule has 1 amide bonds. The van der Waals surface area contributed by atoms with Gasteiger partial charge in [0.2, 0.25) is 5.91 Å². The molecule has 10 heteroatoms. The third-order valence-electron chi connectivity index (χ3n) is 5.73. The molecule has 1 aromatic rings. The van der Waals surface area contributed by atoms with E-state index in [0.29, 0.717) is 49.7 Å². The van der Waals surface area contributed by atoms with Crippen LogP contribution in [-0.2, 0) is 15.7 Å². The van der Waals surface area contributed by atoms with E-state index in [2.05, 4.69) is 15.3 Å². The van der Waals surface area contributed by atoms with Crippen molar-refractivity contribution in [1.29, 1.82) is 0 Å². The molecule has 2 heterocycles. The summed E-state index contributed by atoms with van der Waals surface area (Å²) in [7, 11) is 0. The monoisotopic (exact) mass is 435 g/mol. The van der Waals surface area contributed by atoms with Crippen LogP contribution in [0.2, 0.25) is 0 Å². The molecule has 0 bridgehead atoms. The highest BCUT2D eigenvalue weighted by atomic mass is 19.4. The van der Waals surface area contributed by atoms with Crippen molar-refractivity contribution >= 4 is 23.8 Å². The number of benzene rings is 1. The second-order valence-electron chi connectivity index (χ2n) is 7.90. The number of ether oxygens (including phenoxy) is 1. The van der Waals surface area contributed by atoms with E-state index >= 15 is 0 Å². The van der Waals surface area contributed by atoms with Gasteiger partial charge in [0, 0.05) is 30.3 Å². The number of hydrogen-bond donors (Lipinski definition) is 2. The van der Waals surface area contributed by atoms with Crippen LogP contribution in [0.25, 0.3) is 0 Å². The number of carbonyl (C=O) groups is 1. The molecule has 4 rings (SSSR count). The first-order valence-electron chi connectivity index (χ1n) is 10.1. The molecule has 3 N–H and O–H groups in total. The zero-order valence-electron chi connectivity index (χ0n) is 17.0. The van der Waals surface area contributed by atoms with Crippen molar-refractivity contribution in [2.75, 3.05) is 32.0 Å². The van der Waals surface area contributed by atoms with Crippen LogP contribution >= 0.6 is 0 Å². The van der Waals surface area contributed by atoms with Gasteiger partial charge in [-0.25, -0.2) is 0 Å². The lowest BCUT2D eigenvalue weighted by Gasteiger charge is -2.27. The molecule has 31 heavy (non-hydrogen) atoms. The van der Waals surface area contributed by atoms with Crippen LogP contribution in [0.15, 0.2) is 39.8 Å². The van der Waals surface area contributed by atoms with Gasteiger partial charge in [0.15, 0.2) is 0 Å². The summed E-state index contributed by atoms with van der Waals surface area (Å²) in [5.74, 6) is 0.422. The van der Waals surface area contributed by atoms with Gasteiger partial charge >= 0.3 is 6.18 Å². The number of nitrogen functional groups attached to an aromatic ring is 1. The molecule has 3 aliphatic rings. The highest BCUT2D eigenvalue weighted by Crippen LogP contribution is 2.35. The molecule has 1 fully saturated rings. The molecule has 166 valence electrons. The Bertz CT molecular complexity index is 951. The van der Waals surface area contributed by atoms with Crippen molar-refractivity contribution in [2.45, 2.75) is 31.6 Å². The maximum atomic E-state index is 13.1. The fraction of sp³-hybridized carbons (Fsp3) is 0.476. The molecule has 3 atom stereocenters. The Hall–Kier alpha value is -2.88. The van der Waals surface area contributed by atoms with Crippen molar-refractivity contribution in [3.63, 3.8) is 0 Å². The number of morpholine rings is 1. The summed E-state index contributed by atoms with van der Waals surface area (Å²) < 4.78 is 44.7. The summed E-state index contributed by atoms with van der Waals surface area (Å²) in [6.45, 7) is 3.88. The summed E-state index contributed by atoms with van der Waals surface area (Å²) in [5, 5.41) is 3.02. The number of carbonyl (C=O) groups excluding carboxylic acids is 1. The van der Waals surface area contributed by atoms with Crippen LogP contribution in [-0.4, -0.2) is 55.3 Å². The molecular weight excluding hydrogens is 411 g/mol. The summed E-state index contributed by atoms with van der Waals surface area (Å²) in [6, 6.07) is 2.70. The molecule has 7 nitrogen and oxygen atoms in total. The maximum absolute atomic E-state index is 13.1. The molecule has 1 saturated heterocycles. The van der Waals surface area contributed by atoms with Crippen LogP contribution in [0.3, 0.4) is 0 Å². The fourth-order valence-corrected chi connectivity index (χ4v) is 4.08. The Kier molecular flexibility index (Phi) is 5.74. The Morgan fingerprint density at radius 1 is 1.32 bits per heavy atom. The highest BCUT2D eigenvalue weighted by molar-refractivity contribution is 6.01. The predicted molar refractivity (Wildman–Crippen MR) is 111 cm³/mol. The third-order valence-corrected chi connectivity index (χ3v) is 5.73. The van der Waals surface area contributed by atoms with Crippen LogP contribution in [0.1, 0.15) is 30.5 Å². The Balaban J connectivity index is 1.53. The molecule has 0 saturated carbocycles. The lowest BCUT2D eigenvalue weighted by molar-refractivity contribution is -0.137. The van der Waals surface area contributed by atoms with E-state index in [1.54, 1.807) is 11.8 Å². The van der Waals surface area contributed by atoms with E-state index in [9.17, 15) is 18.0 Å². The van der Waals surface area contributed by atoms with Gasteiger partial charge in [-0.1, -0.05) is 6.08 Å². The number of hydrogen-bond acceptors (Lipinski definition) is 5. The Morgan fingerprint density at radius 3 is 2.77 bits per heavy atom. The van der Waals surface area contributed by atoms with Gasteiger partial charge in [-0.2, -0.15) is 13.2 Å². The Morgan fingerprint density at radius 2 is 2.06 bits per heavy atom. The minimum Gasteiger partial charge on any atom is -0.399 e. The molecule has 0 spiro atoms. The smallest absolute Gasteiger partial charge is 0.399 e. The second-order valence-corrected chi connectivity index (χ2v) is 7.90. The minimum atomic E-state index is -4.48. The number of rotatable bonds is 3. The number of nitrogens with two attached hydrogens (primary N) is 1. The topological polar surface area (TPSA) is 92.3 Å². The van der Waals surface area contributed by atoms with Crippen LogP contribution in [0, 0.1) is 5.92 Å². The first-order valence-corrected chi connectivity index (χ1v) is 10.1. The van der Waals surface area contributed by atoms with Crippen molar-refractivity contribution < 1.29 is 22.7 Å². The summed E-state index contributed by atoms with van der Waals surface area (Å²) in [4.78, 5) is 23.6. The highest BCUT2D eigenvalue weighted by Gasteiger charge is 2.37. The number of fused-ring (bicyclic) bond motifs is 1. The average molecular weight is 435 g/mol. The van der Waals surface area contributed by atoms with Crippen LogP contribution in [0.4, 0.5) is 18.9 Å². The number of halogens is 3. The molecule has 2 unspecified atom stereocenters. The first kappa shape index (κ1) is 21.4. The molecule has 1 aliphatic carbocycles. The van der Waals surface area contributed by atoms with Crippen LogP contribution in [0.5, 0.6) is 0 Å². The minimum absolute atomic E-state index is 0.0223. The fourth-order valence-electron chi connectivity index (χ4n) is 4.08. The third kappa shape index (κ3) is 4.58. The largest absolute Gasteiger partial charge is 0.416 e. The molecule has 1 aromatic carbocycles. The summed E-state index contributed by atoms with van der Waals surface area (Å²) >= 11 is 0. The van der Waals surface area contributed by atoms with Crippen molar-refractivity contribution in [3.8, 4) is 0 Å². The van der Waals surface area contributed by atoms with Crippen LogP contribution < -0.4 is 11.1 Å². The van der Waals surface area contributed by atoms with E-state index in [1.165, 1.54) is 12.4 Å². The number of amidine groups is 1. The van der Waals surface area contributed by atoms with E-state index in [0.717, 1.165) is 12.1 Å². The summed E-state index contributed by atoms with van der Waals surface area (Å²) in [5.41, 5.74) is 5.98. The van der Waals surface area contributed by atoms with Crippen molar-refractivity contribution in [3.05, 3.63) is 41.0 Å². The number of amides is 1. The summed E-state index contributed by atoms with van der Waals surface area (Å²) in [6.07, 6.45) is -0.627. The zero-order chi connectivity index (χ0) is 22.2. The maximum Gasteiger partial charge on any atom is 0.416 e. The van der Waals surface area contributed by atoms with Gasteiger partial charge in [-0.15, -0.1) is 0 Å². The van der Waals surface area contributed by atoms with Gasteiger partial charge < -0.3 is 20.7 Å². The lowest BCUT2D eigenvalue weighted by atomic mass is 9.98. The first-order chi connectivity index (χ1) is 14.7. The number of anilines is 1. The van der Waals surface area contributed by atoms with Gasteiger partial charge in [0.25, 0.3) is 0 Å². The predicted octanol–water partition coefficient (Wildman–Crippen LogP) is 2.55. The zero-order valence-corrected chi connectivity index (χ0v) is 17.0. The SMILES string of the molecule is C[C@@H](N=C1NC=NC2C=C(C(=O)N3CCOCC3)CC12)c1cc(N)cc(C(F)(F)F)c1. The number of aliphatic imine (C=N–C) groups is 2. The lowest BCUT2D eigenvalue weighted by Crippen LogP contribution is -2.41. The van der Waals surface area contributed by atoms with E-state index in [1.807, 2.05) is 6.08 Å². The average Bonchev–Trinajstić information content (AvgIpc) is 3.18. The standard InChI is InChI=1S/C21H24F3N5O2/c1-12(13-6-15(21(22,23)24)10-16(25)7-13)28-19-17-8-14(9-18(17)26-11-27-19)20(30)29-2-4-31-5-3-29/h6-7,9-12,17-18H,2-5,8,25H2,1H3,(H,26,27,28)/t12-,17?,18?/m1/s1. The van der Waals surface area contributed by atoms with Crippen molar-refractivity contribution in [2.24, 2.45) is 15.9 Å². The number of alkyl halides is 3. The number of nitrogens with one attached hydrogen (secondary N) is 1. The van der Waals surface area contributed by atoms with E-state index in [-0.39, 0.29) is 23.6 Å². The van der Waals surface area contributed by atoms with Gasteiger partial charge in [-0.05, 0) is 37.1 Å². The quantitative estimate of drug-likeness (QED) is 0.714. The molecule has 2 aliphatic heterocycles. The molecule has 0 aromatic heterocycles. The van der Waals surface area contributed by atoms with Gasteiger partial charge in [-0.3, -0.25) is 14.8 Å². The van der Waals surface area contributed by atoms with E-state index < -0.39 is 17.8 Å². The number of nitrogens with zero attached hydrogens (tertiary/aromatic N) is 3. The van der Waals surface area contributed by atoms with Gasteiger partial charge in [0.1, 0.15) is 5.84 Å². The molecule has 0 radical (unpaired) electrons. The second kappa shape index (κ2) is 8.33. The van der Waals surface area contributed by atoms with Crippen molar-refractivity contribution in [1.82, 2.24) is 10.2 Å². The molecular formula is C21H24F3N5O2. The normalized spacial score (nSPS) is 25.7. The van der Waals surface area contributed by atoms with E-state index in [4.69, 9.17) is 10.5 Å².